The van der Waals surface area contributed by atoms with Crippen LogP contribution in [0, 0.1) is 17.3 Å². The van der Waals surface area contributed by atoms with E-state index in [1.807, 2.05) is 0 Å². The maximum absolute atomic E-state index is 12.9. The molecule has 0 aromatic carbocycles. The quantitative estimate of drug-likeness (QED) is 0.0872. The molecule has 0 aromatic heterocycles. The summed E-state index contributed by atoms with van der Waals surface area (Å²) in [7, 11) is 1.32. The highest BCUT2D eigenvalue weighted by Gasteiger charge is 2.35. The highest BCUT2D eigenvalue weighted by Crippen LogP contribution is 2.48. The highest BCUT2D eigenvalue weighted by molar-refractivity contribution is 5.86. The van der Waals surface area contributed by atoms with Gasteiger partial charge in [0.05, 0.1) is 20.3 Å². The van der Waals surface area contributed by atoms with Gasteiger partial charge < -0.3 is 28.8 Å². The minimum atomic E-state index is -0.981. The molecule has 3 unspecified atom stereocenters. The van der Waals surface area contributed by atoms with E-state index in [9.17, 15) is 9.90 Å². The third-order valence-corrected chi connectivity index (χ3v) is 9.86. The Hall–Kier alpha value is -1.57. The summed E-state index contributed by atoms with van der Waals surface area (Å²) in [6.45, 7) is 3.48. The zero-order valence-electron chi connectivity index (χ0n) is 25.8. The van der Waals surface area contributed by atoms with Gasteiger partial charge in [0.1, 0.15) is 6.10 Å². The molecule has 0 radical (unpaired) electrons. The molecule has 41 heavy (non-hydrogen) atoms. The van der Waals surface area contributed by atoms with Crippen LogP contribution in [0.4, 0.5) is 0 Å². The lowest BCUT2D eigenvalue weighted by Crippen LogP contribution is -2.31. The van der Waals surface area contributed by atoms with Gasteiger partial charge in [-0.05, 0) is 94.3 Å². The van der Waals surface area contributed by atoms with Crippen molar-refractivity contribution < 1.29 is 33.6 Å². The Balaban J connectivity index is 1.36. The first-order valence-electron chi connectivity index (χ1n) is 16.8. The second-order valence-corrected chi connectivity index (χ2v) is 12.9. The predicted molar refractivity (Wildman–Crippen MR) is 159 cm³/mol. The first-order chi connectivity index (χ1) is 20.0. The molecule has 0 bridgehead atoms. The molecule has 4 aliphatic rings. The molecule has 0 spiro atoms. The van der Waals surface area contributed by atoms with Gasteiger partial charge in [0.15, 0.2) is 18.3 Å². The normalized spacial score (nSPS) is 29.4. The highest BCUT2D eigenvalue weighted by atomic mass is 16.7. The number of unbranched alkanes of at least 4 members (excludes halogenated alkanes) is 1. The number of rotatable bonds is 16. The molecule has 4 rings (SSSR count). The van der Waals surface area contributed by atoms with Crippen molar-refractivity contribution in [2.45, 2.75) is 148 Å². The Labute approximate surface area is 248 Å². The number of ether oxygens (including phenoxy) is 5. The molecular formula is C34H56O7. The summed E-state index contributed by atoms with van der Waals surface area (Å²) in [4.78, 5) is 12.9. The van der Waals surface area contributed by atoms with Gasteiger partial charge >= 0.3 is 5.97 Å². The van der Waals surface area contributed by atoms with Gasteiger partial charge in [0, 0.05) is 12.8 Å². The van der Waals surface area contributed by atoms with E-state index in [0.717, 1.165) is 38.5 Å². The molecule has 2 aliphatic heterocycles. The summed E-state index contributed by atoms with van der Waals surface area (Å²) in [6.07, 6.45) is 23.9. The molecule has 0 amide bonds. The molecule has 1 N–H and O–H groups in total. The molecule has 2 saturated heterocycles. The van der Waals surface area contributed by atoms with Gasteiger partial charge in [-0.25, -0.2) is 4.79 Å². The summed E-state index contributed by atoms with van der Waals surface area (Å²) in [5, 5.41) is 11.4. The average molecular weight is 577 g/mol. The summed E-state index contributed by atoms with van der Waals surface area (Å²) in [5.41, 5.74) is 0.581. The van der Waals surface area contributed by atoms with Crippen molar-refractivity contribution in [2.24, 2.45) is 17.3 Å². The van der Waals surface area contributed by atoms with Gasteiger partial charge in [0.2, 0.25) is 5.76 Å². The van der Waals surface area contributed by atoms with Crippen molar-refractivity contribution in [3.8, 4) is 0 Å². The number of carbonyl (C=O) groups excluding carboxylic acids is 1. The molecule has 234 valence electrons. The fraction of sp³-hybridized carbons (Fsp3) is 0.853. The number of carbonyl (C=O) groups is 1. The Morgan fingerprint density at radius 1 is 0.951 bits per heavy atom. The van der Waals surface area contributed by atoms with Crippen molar-refractivity contribution in [1.29, 1.82) is 0 Å². The first-order valence-corrected chi connectivity index (χ1v) is 16.8. The van der Waals surface area contributed by atoms with Gasteiger partial charge in [-0.2, -0.15) is 0 Å². The van der Waals surface area contributed by atoms with Gasteiger partial charge in [-0.3, -0.25) is 0 Å². The van der Waals surface area contributed by atoms with Crippen LogP contribution in [0.3, 0.4) is 0 Å². The largest absolute Gasteiger partial charge is 0.463 e. The lowest BCUT2D eigenvalue weighted by Gasteiger charge is -2.41. The monoisotopic (exact) mass is 576 g/mol. The standard InChI is InChI=1S/C34H56O7/c1-3-4-20-34(22-12-23-34)21-11-16-27-14-9-13-26(27)15-10-17-28(35)31(40-29-18-5-7-24-38-29)32(33(36)37-2)41-30-19-6-8-25-39-30/h11,16,26-30,35H,3-10,12-15,17-25H2,1-2H3/t26-,27-,28?,29?,30?/m1/s1. The number of hydrogen-bond donors (Lipinski definition) is 1. The van der Waals surface area contributed by atoms with E-state index < -0.39 is 24.7 Å². The average Bonchev–Trinajstić information content (AvgIpc) is 3.43. The number of aliphatic hydroxyl groups is 1. The van der Waals surface area contributed by atoms with E-state index in [-0.39, 0.29) is 11.5 Å². The van der Waals surface area contributed by atoms with E-state index in [4.69, 9.17) is 23.7 Å². The fourth-order valence-electron chi connectivity index (χ4n) is 7.12. The van der Waals surface area contributed by atoms with E-state index >= 15 is 0 Å². The van der Waals surface area contributed by atoms with Crippen LogP contribution in [0.25, 0.3) is 0 Å². The number of allylic oxidation sites excluding steroid dienone is 2. The van der Waals surface area contributed by atoms with Crippen molar-refractivity contribution in [1.82, 2.24) is 0 Å². The summed E-state index contributed by atoms with van der Waals surface area (Å²) >= 11 is 0. The molecular weight excluding hydrogens is 520 g/mol. The van der Waals surface area contributed by atoms with Crippen molar-refractivity contribution >= 4 is 5.97 Å². The third kappa shape index (κ3) is 9.72. The second-order valence-electron chi connectivity index (χ2n) is 12.9. The van der Waals surface area contributed by atoms with E-state index in [1.54, 1.807) is 0 Å². The molecule has 0 aromatic rings. The van der Waals surface area contributed by atoms with Crippen molar-refractivity contribution in [2.75, 3.05) is 20.3 Å². The predicted octanol–water partition coefficient (Wildman–Crippen LogP) is 7.71. The molecule has 7 nitrogen and oxygen atoms in total. The van der Waals surface area contributed by atoms with Crippen LogP contribution < -0.4 is 0 Å². The minimum Gasteiger partial charge on any atom is -0.463 e. The smallest absolute Gasteiger partial charge is 0.377 e. The van der Waals surface area contributed by atoms with Gasteiger partial charge in [-0.1, -0.05) is 51.2 Å². The zero-order chi connectivity index (χ0) is 28.9. The molecule has 7 heteroatoms. The summed E-state index contributed by atoms with van der Waals surface area (Å²) < 4.78 is 28.7. The first kappa shape index (κ1) is 32.3. The molecule has 4 fully saturated rings. The maximum atomic E-state index is 12.9. The SMILES string of the molecule is CCCCC1(CC=C[C@H]2CCC[C@@H]2CCCC(O)C(OC2CCCCO2)=C(OC2CCCCO2)C(=O)OC)CCC1. The molecule has 5 atom stereocenters. The Kier molecular flexibility index (Phi) is 13.3. The Bertz CT molecular complexity index is 836. The van der Waals surface area contributed by atoms with Crippen molar-refractivity contribution in [3.63, 3.8) is 0 Å². The second kappa shape index (κ2) is 16.9. The summed E-state index contributed by atoms with van der Waals surface area (Å²) in [6, 6.07) is 0. The van der Waals surface area contributed by atoms with Crippen LogP contribution in [0.15, 0.2) is 23.7 Å². The zero-order valence-corrected chi connectivity index (χ0v) is 25.8. The Morgan fingerprint density at radius 3 is 2.29 bits per heavy atom. The van der Waals surface area contributed by atoms with Crippen LogP contribution >= 0.6 is 0 Å². The number of methoxy groups -OCH3 is 1. The van der Waals surface area contributed by atoms with Crippen LogP contribution in [0.5, 0.6) is 0 Å². The molecule has 2 aliphatic carbocycles. The van der Waals surface area contributed by atoms with Crippen LogP contribution in [0.1, 0.15) is 129 Å². The fourth-order valence-corrected chi connectivity index (χ4v) is 7.12. The van der Waals surface area contributed by atoms with Crippen LogP contribution in [0.2, 0.25) is 0 Å². The van der Waals surface area contributed by atoms with E-state index in [1.165, 1.54) is 71.3 Å². The van der Waals surface area contributed by atoms with Crippen molar-refractivity contribution in [3.05, 3.63) is 23.7 Å². The van der Waals surface area contributed by atoms with Gasteiger partial charge in [-0.15, -0.1) is 0 Å². The number of aliphatic hydroxyl groups excluding tert-OH is 1. The van der Waals surface area contributed by atoms with E-state index in [2.05, 4.69) is 19.1 Å². The minimum absolute atomic E-state index is 0.0873. The maximum Gasteiger partial charge on any atom is 0.377 e. The lowest BCUT2D eigenvalue weighted by molar-refractivity contribution is -0.176. The molecule has 2 saturated carbocycles. The van der Waals surface area contributed by atoms with Crippen LogP contribution in [-0.4, -0.2) is 50.1 Å². The Morgan fingerprint density at radius 2 is 1.68 bits per heavy atom. The van der Waals surface area contributed by atoms with Gasteiger partial charge in [0.25, 0.3) is 0 Å². The van der Waals surface area contributed by atoms with Crippen LogP contribution in [-0.2, 0) is 28.5 Å². The van der Waals surface area contributed by atoms with E-state index in [0.29, 0.717) is 49.7 Å². The number of hydrogen-bond acceptors (Lipinski definition) is 7. The number of esters is 1. The summed E-state index contributed by atoms with van der Waals surface area (Å²) in [5.74, 6) is 0.658. The topological polar surface area (TPSA) is 83.5 Å². The third-order valence-electron chi connectivity index (χ3n) is 9.86. The molecule has 2 heterocycles. The lowest BCUT2D eigenvalue weighted by atomic mass is 9.64.